The van der Waals surface area contributed by atoms with Crippen molar-refractivity contribution in [1.29, 1.82) is 0 Å². The Morgan fingerprint density at radius 2 is 0.816 bits per heavy atom. The van der Waals surface area contributed by atoms with Gasteiger partial charge in [0.15, 0.2) is 6.29 Å². The first-order valence-corrected chi connectivity index (χ1v) is 32.5. The van der Waals surface area contributed by atoms with Gasteiger partial charge < -0.3 is 40.3 Å². The molecule has 6 N–H and O–H groups in total. The van der Waals surface area contributed by atoms with Crippen molar-refractivity contribution in [2.75, 3.05) is 13.2 Å². The van der Waals surface area contributed by atoms with Crippen LogP contribution in [0.1, 0.15) is 303 Å². The number of rotatable bonds is 56. The van der Waals surface area contributed by atoms with E-state index in [-0.39, 0.29) is 12.5 Å². The largest absolute Gasteiger partial charge is 0.394 e. The van der Waals surface area contributed by atoms with Crippen molar-refractivity contribution in [1.82, 2.24) is 5.32 Å². The predicted octanol–water partition coefficient (Wildman–Crippen LogP) is 17.0. The van der Waals surface area contributed by atoms with Gasteiger partial charge in [0, 0.05) is 6.42 Å². The second-order valence-corrected chi connectivity index (χ2v) is 22.5. The van der Waals surface area contributed by atoms with Crippen LogP contribution in [0.25, 0.3) is 0 Å². The molecular formula is C67H123NO8. The Morgan fingerprint density at radius 1 is 0.461 bits per heavy atom. The molecule has 9 heteroatoms. The number of hydrogen-bond acceptors (Lipinski definition) is 8. The number of allylic oxidation sites excluding steroid dienone is 10. The van der Waals surface area contributed by atoms with Crippen molar-refractivity contribution >= 4 is 5.91 Å². The molecule has 0 aliphatic carbocycles. The Labute approximate surface area is 468 Å². The van der Waals surface area contributed by atoms with E-state index in [2.05, 4.69) is 79.9 Å². The number of unbranched alkanes of at least 4 members (excludes halogenated alkanes) is 36. The molecule has 0 aromatic rings. The van der Waals surface area contributed by atoms with E-state index in [4.69, 9.17) is 9.47 Å². The van der Waals surface area contributed by atoms with Crippen molar-refractivity contribution < 1.29 is 39.8 Å². The number of hydrogen-bond donors (Lipinski definition) is 6. The Bertz CT molecular complexity index is 1380. The van der Waals surface area contributed by atoms with Crippen molar-refractivity contribution in [2.24, 2.45) is 0 Å². The molecule has 7 unspecified atom stereocenters. The Hall–Kier alpha value is -2.11. The van der Waals surface area contributed by atoms with Crippen molar-refractivity contribution in [3.05, 3.63) is 60.8 Å². The molecule has 1 saturated heterocycles. The third-order valence-corrected chi connectivity index (χ3v) is 15.4. The number of carbonyl (C=O) groups is 1. The molecule has 0 bridgehead atoms. The van der Waals surface area contributed by atoms with Crippen LogP contribution in [-0.2, 0) is 14.3 Å². The first-order chi connectivity index (χ1) is 37.3. The summed E-state index contributed by atoms with van der Waals surface area (Å²) in [5.41, 5.74) is 0. The SMILES string of the molecule is CC/C=C\C/C=C\C/C=C\C/C=C\C/C=C\CCCCCCCCCCCC(=O)NC(COC1OC(CO)C(O)C(O)C1O)C(O)CCCCCCCCCCCCCCCCCCCCCCCCCCCCCC. The standard InChI is InChI=1S/C67H123NO8/c1-3-5-7-9-11-13-15-17-19-21-23-25-27-29-30-31-33-34-36-38-40-42-44-46-48-50-52-54-56-61(70)60(59-75-67-66(74)65(73)64(72)62(58-69)76-67)68-63(71)57-55-53-51-49-47-45-43-41-39-37-35-32-28-26-24-22-20-18-16-14-12-10-8-6-4-2/h6,8,12,14,18,20,24,26,32,35,60-62,64-67,69-70,72-74H,3-5,7,9-11,13,15-17,19,21-23,25,27-31,33-34,36-59H2,1-2H3,(H,68,71)/b8-6-,14-12-,20-18-,26-24-,35-32-. The lowest BCUT2D eigenvalue weighted by molar-refractivity contribution is -0.302. The number of amides is 1. The van der Waals surface area contributed by atoms with E-state index in [0.29, 0.717) is 12.8 Å². The number of nitrogens with one attached hydrogen (secondary N) is 1. The van der Waals surface area contributed by atoms with Crippen LogP contribution in [0.3, 0.4) is 0 Å². The average Bonchev–Trinajstić information content (AvgIpc) is 3.42. The highest BCUT2D eigenvalue weighted by atomic mass is 16.7. The van der Waals surface area contributed by atoms with E-state index in [1.165, 1.54) is 199 Å². The smallest absolute Gasteiger partial charge is 0.220 e. The van der Waals surface area contributed by atoms with Crippen LogP contribution in [0, 0.1) is 0 Å². The van der Waals surface area contributed by atoms with Crippen molar-refractivity contribution in [2.45, 2.75) is 346 Å². The van der Waals surface area contributed by atoms with Gasteiger partial charge in [-0.05, 0) is 57.8 Å². The Kier molecular flexibility index (Phi) is 53.1. The molecule has 1 rings (SSSR count). The molecule has 1 fully saturated rings. The molecule has 1 aliphatic heterocycles. The maximum Gasteiger partial charge on any atom is 0.220 e. The average molecular weight is 1070 g/mol. The van der Waals surface area contributed by atoms with Gasteiger partial charge in [0.2, 0.25) is 5.91 Å². The summed E-state index contributed by atoms with van der Waals surface area (Å²) in [5.74, 6) is -0.149. The van der Waals surface area contributed by atoms with Gasteiger partial charge >= 0.3 is 0 Å². The lowest BCUT2D eigenvalue weighted by Gasteiger charge is -2.40. The molecule has 0 aromatic carbocycles. The predicted molar refractivity (Wildman–Crippen MR) is 322 cm³/mol. The maximum atomic E-state index is 13.1. The van der Waals surface area contributed by atoms with Gasteiger partial charge in [-0.2, -0.15) is 0 Å². The monoisotopic (exact) mass is 1070 g/mol. The van der Waals surface area contributed by atoms with Crippen LogP contribution in [-0.4, -0.2) is 87.5 Å². The Morgan fingerprint density at radius 3 is 1.21 bits per heavy atom. The van der Waals surface area contributed by atoms with Crippen LogP contribution < -0.4 is 5.32 Å². The van der Waals surface area contributed by atoms with Gasteiger partial charge in [0.25, 0.3) is 0 Å². The third-order valence-electron chi connectivity index (χ3n) is 15.4. The maximum absolute atomic E-state index is 13.1. The topological polar surface area (TPSA) is 149 Å². The van der Waals surface area contributed by atoms with Crippen LogP contribution in [0.4, 0.5) is 0 Å². The van der Waals surface area contributed by atoms with Gasteiger partial charge in [-0.3, -0.25) is 4.79 Å². The lowest BCUT2D eigenvalue weighted by atomic mass is 9.99. The molecule has 444 valence electrons. The van der Waals surface area contributed by atoms with Gasteiger partial charge in [-0.1, -0.05) is 299 Å². The molecule has 0 saturated carbocycles. The highest BCUT2D eigenvalue weighted by molar-refractivity contribution is 5.76. The fraction of sp³-hybridized carbons (Fsp3) is 0.836. The summed E-state index contributed by atoms with van der Waals surface area (Å²) in [6, 6.07) is -0.727. The number of ether oxygens (including phenoxy) is 2. The first-order valence-electron chi connectivity index (χ1n) is 32.5. The van der Waals surface area contributed by atoms with Crippen molar-refractivity contribution in [3.8, 4) is 0 Å². The van der Waals surface area contributed by atoms with E-state index in [1.807, 2.05) is 0 Å². The third kappa shape index (κ3) is 44.7. The summed E-state index contributed by atoms with van der Waals surface area (Å²) in [6.45, 7) is 3.76. The van der Waals surface area contributed by atoms with Crippen molar-refractivity contribution in [3.63, 3.8) is 0 Å². The van der Waals surface area contributed by atoms with Gasteiger partial charge in [-0.25, -0.2) is 0 Å². The summed E-state index contributed by atoms with van der Waals surface area (Å²) < 4.78 is 11.4. The molecule has 9 nitrogen and oxygen atoms in total. The fourth-order valence-corrected chi connectivity index (χ4v) is 10.3. The molecule has 76 heavy (non-hydrogen) atoms. The number of aliphatic hydroxyl groups is 5. The fourth-order valence-electron chi connectivity index (χ4n) is 10.3. The minimum absolute atomic E-state index is 0.141. The molecule has 7 atom stereocenters. The van der Waals surface area contributed by atoms with E-state index in [9.17, 15) is 30.3 Å². The summed E-state index contributed by atoms with van der Waals surface area (Å²) in [6.07, 6.45) is 69.8. The molecule has 0 aromatic heterocycles. The van der Waals surface area contributed by atoms with E-state index >= 15 is 0 Å². The quantitative estimate of drug-likeness (QED) is 0.0261. The zero-order valence-corrected chi connectivity index (χ0v) is 49.5. The van der Waals surface area contributed by atoms with E-state index in [0.717, 1.165) is 77.0 Å². The minimum atomic E-state index is -1.56. The van der Waals surface area contributed by atoms with Gasteiger partial charge in [0.1, 0.15) is 24.4 Å². The molecule has 1 aliphatic rings. The molecule has 0 spiro atoms. The van der Waals surface area contributed by atoms with Gasteiger partial charge in [-0.15, -0.1) is 0 Å². The van der Waals surface area contributed by atoms with Crippen LogP contribution in [0.15, 0.2) is 60.8 Å². The van der Waals surface area contributed by atoms with Crippen LogP contribution in [0.5, 0.6) is 0 Å². The van der Waals surface area contributed by atoms with Gasteiger partial charge in [0.05, 0.1) is 25.4 Å². The summed E-state index contributed by atoms with van der Waals surface area (Å²) in [5, 5.41) is 54.9. The summed E-state index contributed by atoms with van der Waals surface area (Å²) in [7, 11) is 0. The van der Waals surface area contributed by atoms with E-state index in [1.54, 1.807) is 0 Å². The zero-order chi connectivity index (χ0) is 55.0. The second kappa shape index (κ2) is 56.2. The number of aliphatic hydroxyl groups excluding tert-OH is 5. The molecular weight excluding hydrogens is 947 g/mol. The van der Waals surface area contributed by atoms with Crippen LogP contribution >= 0.6 is 0 Å². The highest BCUT2D eigenvalue weighted by Crippen LogP contribution is 2.23. The molecule has 1 heterocycles. The first kappa shape index (κ1) is 71.9. The van der Waals surface area contributed by atoms with Crippen LogP contribution in [0.2, 0.25) is 0 Å². The lowest BCUT2D eigenvalue weighted by Crippen LogP contribution is -2.60. The normalized spacial score (nSPS) is 19.2. The second-order valence-electron chi connectivity index (χ2n) is 22.5. The number of carbonyl (C=O) groups excluding carboxylic acids is 1. The summed E-state index contributed by atoms with van der Waals surface area (Å²) in [4.78, 5) is 13.1. The highest BCUT2D eigenvalue weighted by Gasteiger charge is 2.44. The Balaban J connectivity index is 2.16. The molecule has 0 radical (unpaired) electrons. The summed E-state index contributed by atoms with van der Waals surface area (Å²) >= 11 is 0. The molecule has 1 amide bonds. The zero-order valence-electron chi connectivity index (χ0n) is 49.5. The minimum Gasteiger partial charge on any atom is -0.394 e. The van der Waals surface area contributed by atoms with E-state index < -0.39 is 49.5 Å².